The van der Waals surface area contributed by atoms with Gasteiger partial charge >= 0.3 is 0 Å². The first-order valence-corrected chi connectivity index (χ1v) is 15.6. The molecule has 3 aromatic heterocycles. The van der Waals surface area contributed by atoms with Crippen LogP contribution in [0.3, 0.4) is 0 Å². The summed E-state index contributed by atoms with van der Waals surface area (Å²) in [7, 11) is 0. The molecule has 0 bridgehead atoms. The summed E-state index contributed by atoms with van der Waals surface area (Å²) in [4.78, 5) is 9.98. The molecule has 0 aliphatic carbocycles. The highest BCUT2D eigenvalue weighted by atomic mass is 32.1. The van der Waals surface area contributed by atoms with Crippen molar-refractivity contribution in [2.75, 3.05) is 0 Å². The molecule has 44 heavy (non-hydrogen) atoms. The van der Waals surface area contributed by atoms with Crippen molar-refractivity contribution in [3.63, 3.8) is 0 Å². The Morgan fingerprint density at radius 3 is 2.05 bits per heavy atom. The van der Waals surface area contributed by atoms with Crippen molar-refractivity contribution in [3.8, 4) is 39.5 Å². The Bertz CT molecular complexity index is 2490. The first-order chi connectivity index (χ1) is 21.8. The fourth-order valence-electron chi connectivity index (χ4n) is 6.45. The molecule has 0 atom stereocenters. The Hall–Kier alpha value is -5.58. The van der Waals surface area contributed by atoms with E-state index >= 15 is 0 Å². The van der Waals surface area contributed by atoms with Crippen LogP contribution in [0.5, 0.6) is 0 Å². The van der Waals surface area contributed by atoms with E-state index in [0.717, 1.165) is 39.5 Å². The second kappa shape index (κ2) is 10.0. The molecule has 0 N–H and O–H groups in total. The highest BCUT2D eigenvalue weighted by Gasteiger charge is 2.19. The summed E-state index contributed by atoms with van der Waals surface area (Å²) in [6.45, 7) is 0. The Morgan fingerprint density at radius 2 is 1.20 bits per heavy atom. The summed E-state index contributed by atoms with van der Waals surface area (Å²) >= 11 is 1.87. The third-order valence-corrected chi connectivity index (χ3v) is 9.66. The van der Waals surface area contributed by atoms with E-state index in [1.807, 2.05) is 41.8 Å². The zero-order chi connectivity index (χ0) is 29.0. The van der Waals surface area contributed by atoms with Gasteiger partial charge in [0.2, 0.25) is 0 Å². The molecular weight excluding hydrogens is 555 g/mol. The van der Waals surface area contributed by atoms with Gasteiger partial charge in [0.05, 0.1) is 21.4 Å². The molecule has 0 spiro atoms. The predicted molar refractivity (Wildman–Crippen MR) is 186 cm³/mol. The second-order valence-electron chi connectivity index (χ2n) is 11.0. The molecule has 4 heteroatoms. The van der Waals surface area contributed by atoms with E-state index in [1.54, 1.807) is 0 Å². The van der Waals surface area contributed by atoms with E-state index in [-0.39, 0.29) is 0 Å². The minimum absolute atomic E-state index is 0.721. The third-order valence-electron chi connectivity index (χ3n) is 8.46. The fraction of sp³-hybridized carbons (Fsp3) is 0. The van der Waals surface area contributed by atoms with E-state index in [2.05, 4.69) is 126 Å². The van der Waals surface area contributed by atoms with Gasteiger partial charge in [0.25, 0.3) is 0 Å². The topological polar surface area (TPSA) is 30.7 Å². The van der Waals surface area contributed by atoms with Gasteiger partial charge in [-0.15, -0.1) is 11.3 Å². The molecule has 0 saturated heterocycles. The summed E-state index contributed by atoms with van der Waals surface area (Å²) in [5, 5.41) is 5.14. The first-order valence-electron chi connectivity index (χ1n) is 14.8. The molecule has 6 aromatic carbocycles. The normalized spacial score (nSPS) is 11.6. The number of nitrogens with zero attached hydrogens (tertiary/aromatic N) is 3. The number of hydrogen-bond donors (Lipinski definition) is 0. The van der Waals surface area contributed by atoms with E-state index in [0.29, 0.717) is 0 Å². The molecule has 3 heterocycles. The van der Waals surface area contributed by atoms with E-state index in [1.165, 1.54) is 42.0 Å². The SMILES string of the molecule is c1ccc(-c2ncc(-c3cccc(-n4c5ccccc5c5ccc6c7ccccc7sc6c54)c3)c(-c3ccccc3)n2)cc1. The maximum absolute atomic E-state index is 5.13. The highest BCUT2D eigenvalue weighted by Crippen LogP contribution is 2.43. The highest BCUT2D eigenvalue weighted by molar-refractivity contribution is 7.26. The van der Waals surface area contributed by atoms with Gasteiger partial charge in [0.1, 0.15) is 0 Å². The summed E-state index contributed by atoms with van der Waals surface area (Å²) in [5.74, 6) is 0.721. The monoisotopic (exact) mass is 579 g/mol. The van der Waals surface area contributed by atoms with Crippen LogP contribution in [0.4, 0.5) is 0 Å². The second-order valence-corrected chi connectivity index (χ2v) is 12.1. The average Bonchev–Trinajstić information content (AvgIpc) is 3.65. The van der Waals surface area contributed by atoms with E-state index in [9.17, 15) is 0 Å². The molecule has 206 valence electrons. The van der Waals surface area contributed by atoms with Crippen molar-refractivity contribution < 1.29 is 0 Å². The number of fused-ring (bicyclic) bond motifs is 7. The van der Waals surface area contributed by atoms with Crippen molar-refractivity contribution in [2.24, 2.45) is 0 Å². The van der Waals surface area contributed by atoms with Crippen LogP contribution in [0.25, 0.3) is 81.4 Å². The molecule has 9 rings (SSSR count). The molecule has 0 saturated carbocycles. The molecule has 3 nitrogen and oxygen atoms in total. The van der Waals surface area contributed by atoms with Gasteiger partial charge in [-0.3, -0.25) is 0 Å². The van der Waals surface area contributed by atoms with Crippen LogP contribution in [-0.4, -0.2) is 14.5 Å². The Labute approximate surface area is 258 Å². The van der Waals surface area contributed by atoms with E-state index in [4.69, 9.17) is 9.97 Å². The molecule has 9 aromatic rings. The molecule has 0 amide bonds. The standard InChI is InChI=1S/C40H25N3S/c1-3-12-26(13-4-1)37-34(25-41-40(42-37)27-14-5-2-6-15-27)28-16-11-17-29(24-28)43-35-20-9-7-18-30(35)32-22-23-33-31-19-8-10-21-36(31)44-39(33)38(32)43/h1-25H. The number of benzene rings is 6. The van der Waals surface area contributed by atoms with Crippen molar-refractivity contribution in [1.29, 1.82) is 0 Å². The molecule has 0 aliphatic heterocycles. The molecular formula is C40H25N3S. The van der Waals surface area contributed by atoms with Gasteiger partial charge in [-0.1, -0.05) is 121 Å². The Kier molecular flexibility index (Phi) is 5.68. The summed E-state index contributed by atoms with van der Waals surface area (Å²) in [6.07, 6.45) is 1.98. The average molecular weight is 580 g/mol. The number of aromatic nitrogens is 3. The largest absolute Gasteiger partial charge is 0.308 e. The van der Waals surface area contributed by atoms with Crippen LogP contribution >= 0.6 is 11.3 Å². The molecule has 0 aliphatic rings. The quantitative estimate of drug-likeness (QED) is 0.208. The molecule has 0 radical (unpaired) electrons. The predicted octanol–water partition coefficient (Wildman–Crippen LogP) is 10.9. The van der Waals surface area contributed by atoms with Crippen LogP contribution in [0.15, 0.2) is 152 Å². The van der Waals surface area contributed by atoms with Gasteiger partial charge in [-0.2, -0.15) is 0 Å². The van der Waals surface area contributed by atoms with Gasteiger partial charge < -0.3 is 4.57 Å². The summed E-state index contributed by atoms with van der Waals surface area (Å²) in [5.41, 5.74) is 8.64. The van der Waals surface area contributed by atoms with Crippen molar-refractivity contribution in [1.82, 2.24) is 14.5 Å². The van der Waals surface area contributed by atoms with Crippen LogP contribution in [0.2, 0.25) is 0 Å². The van der Waals surface area contributed by atoms with Crippen LogP contribution in [-0.2, 0) is 0 Å². The van der Waals surface area contributed by atoms with Gasteiger partial charge in [0, 0.05) is 54.8 Å². The number of para-hydroxylation sites is 1. The summed E-state index contributed by atoms with van der Waals surface area (Å²) < 4.78 is 5.06. The zero-order valence-electron chi connectivity index (χ0n) is 23.7. The van der Waals surface area contributed by atoms with Gasteiger partial charge in [-0.25, -0.2) is 9.97 Å². The minimum atomic E-state index is 0.721. The zero-order valence-corrected chi connectivity index (χ0v) is 24.5. The van der Waals surface area contributed by atoms with Crippen molar-refractivity contribution in [3.05, 3.63) is 152 Å². The number of rotatable bonds is 4. The van der Waals surface area contributed by atoms with Gasteiger partial charge in [-0.05, 0) is 29.8 Å². The van der Waals surface area contributed by atoms with Gasteiger partial charge in [0.15, 0.2) is 5.82 Å². The number of thiophene rings is 1. The maximum atomic E-state index is 5.13. The lowest BCUT2D eigenvalue weighted by Crippen LogP contribution is -1.98. The molecule has 0 fully saturated rings. The minimum Gasteiger partial charge on any atom is -0.308 e. The fourth-order valence-corrected chi connectivity index (χ4v) is 7.69. The van der Waals surface area contributed by atoms with Crippen LogP contribution in [0, 0.1) is 0 Å². The van der Waals surface area contributed by atoms with Crippen LogP contribution in [0.1, 0.15) is 0 Å². The van der Waals surface area contributed by atoms with Crippen molar-refractivity contribution in [2.45, 2.75) is 0 Å². The summed E-state index contributed by atoms with van der Waals surface area (Å²) in [6, 6.07) is 51.4. The van der Waals surface area contributed by atoms with Crippen LogP contribution < -0.4 is 0 Å². The maximum Gasteiger partial charge on any atom is 0.159 e. The lowest BCUT2D eigenvalue weighted by molar-refractivity contribution is 1.17. The Balaban J connectivity index is 1.30. The van der Waals surface area contributed by atoms with Crippen molar-refractivity contribution >= 4 is 53.3 Å². The Morgan fingerprint density at radius 1 is 0.523 bits per heavy atom. The lowest BCUT2D eigenvalue weighted by atomic mass is 10.00. The first kappa shape index (κ1) is 25.0. The third kappa shape index (κ3) is 3.89. The number of hydrogen-bond acceptors (Lipinski definition) is 3. The van der Waals surface area contributed by atoms with E-state index < -0.39 is 0 Å². The molecule has 0 unspecified atom stereocenters. The lowest BCUT2D eigenvalue weighted by Gasteiger charge is -2.14. The smallest absolute Gasteiger partial charge is 0.159 e.